The van der Waals surface area contributed by atoms with Gasteiger partial charge in [-0.2, -0.15) is 0 Å². The molecule has 0 fully saturated rings. The van der Waals surface area contributed by atoms with Crippen LogP contribution >= 0.6 is 0 Å². The van der Waals surface area contributed by atoms with Crippen LogP contribution < -0.4 is 0 Å². The van der Waals surface area contributed by atoms with Crippen molar-refractivity contribution in [1.29, 1.82) is 0 Å². The molecule has 2 nitrogen and oxygen atoms in total. The standard InChI is InChI=1S/C13H15FO2/c1-8(2)5-11(15)13-7-9-6-10(14)3-4-12(9)16-13/h3-4,6-8,11,15H,5H2,1-2H3. The topological polar surface area (TPSA) is 33.4 Å². The van der Waals surface area contributed by atoms with Gasteiger partial charge in [-0.15, -0.1) is 0 Å². The molecule has 1 heterocycles. The van der Waals surface area contributed by atoms with Crippen molar-refractivity contribution in [3.8, 4) is 0 Å². The molecule has 0 amide bonds. The summed E-state index contributed by atoms with van der Waals surface area (Å²) in [7, 11) is 0. The van der Waals surface area contributed by atoms with Crippen molar-refractivity contribution in [3.63, 3.8) is 0 Å². The van der Waals surface area contributed by atoms with Gasteiger partial charge in [-0.05, 0) is 36.6 Å². The summed E-state index contributed by atoms with van der Waals surface area (Å²) in [4.78, 5) is 0. The SMILES string of the molecule is CC(C)CC(O)c1cc2cc(F)ccc2o1. The molecule has 2 aromatic rings. The normalized spacial score (nSPS) is 13.6. The molecular weight excluding hydrogens is 207 g/mol. The van der Waals surface area contributed by atoms with Crippen LogP contribution in [0.15, 0.2) is 28.7 Å². The molecule has 0 saturated carbocycles. The van der Waals surface area contributed by atoms with Gasteiger partial charge in [0.2, 0.25) is 0 Å². The minimum absolute atomic E-state index is 0.293. The fourth-order valence-electron chi connectivity index (χ4n) is 1.76. The molecule has 0 radical (unpaired) electrons. The van der Waals surface area contributed by atoms with E-state index in [1.54, 1.807) is 12.1 Å². The van der Waals surface area contributed by atoms with Crippen molar-refractivity contribution < 1.29 is 13.9 Å². The van der Waals surface area contributed by atoms with Crippen LogP contribution in [0.1, 0.15) is 32.1 Å². The summed E-state index contributed by atoms with van der Waals surface area (Å²) in [6.07, 6.45) is 0.0259. The highest BCUT2D eigenvalue weighted by atomic mass is 19.1. The number of halogens is 1. The fourth-order valence-corrected chi connectivity index (χ4v) is 1.76. The van der Waals surface area contributed by atoms with E-state index >= 15 is 0 Å². The van der Waals surface area contributed by atoms with E-state index in [0.717, 1.165) is 0 Å². The molecule has 1 atom stereocenters. The van der Waals surface area contributed by atoms with E-state index in [4.69, 9.17) is 4.42 Å². The van der Waals surface area contributed by atoms with Crippen LogP contribution in [0.5, 0.6) is 0 Å². The molecule has 0 bridgehead atoms. The van der Waals surface area contributed by atoms with E-state index in [0.29, 0.717) is 29.1 Å². The molecule has 16 heavy (non-hydrogen) atoms. The maximum absolute atomic E-state index is 13.0. The number of benzene rings is 1. The largest absolute Gasteiger partial charge is 0.458 e. The molecule has 3 heteroatoms. The van der Waals surface area contributed by atoms with Crippen LogP contribution in [0.25, 0.3) is 11.0 Å². The van der Waals surface area contributed by atoms with E-state index in [2.05, 4.69) is 0 Å². The molecule has 0 saturated heterocycles. The minimum Gasteiger partial charge on any atom is -0.458 e. The Morgan fingerprint density at radius 2 is 2.06 bits per heavy atom. The van der Waals surface area contributed by atoms with Crippen LogP contribution in [0.4, 0.5) is 4.39 Å². The number of furan rings is 1. The maximum Gasteiger partial charge on any atom is 0.134 e. The molecule has 0 aliphatic rings. The fraction of sp³-hybridized carbons (Fsp3) is 0.385. The van der Waals surface area contributed by atoms with Crippen LogP contribution in [0.2, 0.25) is 0 Å². The number of fused-ring (bicyclic) bond motifs is 1. The first-order valence-corrected chi connectivity index (χ1v) is 5.43. The molecule has 1 unspecified atom stereocenters. The van der Waals surface area contributed by atoms with Gasteiger partial charge in [0.1, 0.15) is 23.3 Å². The summed E-state index contributed by atoms with van der Waals surface area (Å²) in [6.45, 7) is 4.07. The highest BCUT2D eigenvalue weighted by Crippen LogP contribution is 2.27. The molecule has 1 aromatic heterocycles. The lowest BCUT2D eigenvalue weighted by Crippen LogP contribution is -2.00. The number of hydrogen-bond donors (Lipinski definition) is 1. The first-order valence-electron chi connectivity index (χ1n) is 5.43. The zero-order chi connectivity index (χ0) is 11.7. The number of hydrogen-bond acceptors (Lipinski definition) is 2. The van der Waals surface area contributed by atoms with Gasteiger partial charge in [-0.3, -0.25) is 0 Å². The Morgan fingerprint density at radius 3 is 2.75 bits per heavy atom. The van der Waals surface area contributed by atoms with E-state index in [-0.39, 0.29) is 5.82 Å². The van der Waals surface area contributed by atoms with E-state index in [1.165, 1.54) is 12.1 Å². The van der Waals surface area contributed by atoms with Gasteiger partial charge in [0.25, 0.3) is 0 Å². The molecule has 0 aliphatic carbocycles. The number of rotatable bonds is 3. The Morgan fingerprint density at radius 1 is 1.31 bits per heavy atom. The summed E-state index contributed by atoms with van der Waals surface area (Å²) in [5.74, 6) is 0.604. The highest BCUT2D eigenvalue weighted by Gasteiger charge is 2.14. The van der Waals surface area contributed by atoms with Crippen LogP contribution in [0.3, 0.4) is 0 Å². The Hall–Kier alpha value is -1.35. The van der Waals surface area contributed by atoms with Gasteiger partial charge in [-0.25, -0.2) is 4.39 Å². The van der Waals surface area contributed by atoms with Gasteiger partial charge >= 0.3 is 0 Å². The monoisotopic (exact) mass is 222 g/mol. The van der Waals surface area contributed by atoms with Gasteiger partial charge < -0.3 is 9.52 Å². The van der Waals surface area contributed by atoms with Crippen LogP contribution in [-0.4, -0.2) is 5.11 Å². The number of aliphatic hydroxyl groups is 1. The predicted octanol–water partition coefficient (Wildman–Crippen LogP) is 3.65. The van der Waals surface area contributed by atoms with E-state index in [1.807, 2.05) is 13.8 Å². The molecule has 86 valence electrons. The predicted molar refractivity (Wildman–Crippen MR) is 60.6 cm³/mol. The average Bonchev–Trinajstić information content (AvgIpc) is 2.59. The zero-order valence-corrected chi connectivity index (χ0v) is 9.40. The summed E-state index contributed by atoms with van der Waals surface area (Å²) in [5.41, 5.74) is 0.610. The van der Waals surface area contributed by atoms with Crippen molar-refractivity contribution in [3.05, 3.63) is 35.8 Å². The van der Waals surface area contributed by atoms with Crippen molar-refractivity contribution >= 4 is 11.0 Å². The lowest BCUT2D eigenvalue weighted by Gasteiger charge is -2.09. The van der Waals surface area contributed by atoms with Crippen molar-refractivity contribution in [2.24, 2.45) is 5.92 Å². The third kappa shape index (κ3) is 2.25. The lowest BCUT2D eigenvalue weighted by atomic mass is 10.0. The molecule has 1 N–H and O–H groups in total. The third-order valence-electron chi connectivity index (χ3n) is 2.52. The Bertz CT molecular complexity index is 488. The molecule has 0 spiro atoms. The Kier molecular flexibility index (Phi) is 2.97. The smallest absolute Gasteiger partial charge is 0.134 e. The third-order valence-corrected chi connectivity index (χ3v) is 2.52. The number of aliphatic hydroxyl groups excluding tert-OH is 1. The van der Waals surface area contributed by atoms with Gasteiger partial charge in [-0.1, -0.05) is 13.8 Å². The maximum atomic E-state index is 13.0. The first kappa shape index (κ1) is 11.1. The second-order valence-electron chi connectivity index (χ2n) is 4.48. The van der Waals surface area contributed by atoms with Crippen LogP contribution in [-0.2, 0) is 0 Å². The zero-order valence-electron chi connectivity index (χ0n) is 9.40. The van der Waals surface area contributed by atoms with Gasteiger partial charge in [0.05, 0.1) is 0 Å². The Labute approximate surface area is 93.7 Å². The lowest BCUT2D eigenvalue weighted by molar-refractivity contribution is 0.128. The van der Waals surface area contributed by atoms with Gasteiger partial charge in [0, 0.05) is 5.39 Å². The summed E-state index contributed by atoms with van der Waals surface area (Å²) < 4.78 is 18.4. The highest BCUT2D eigenvalue weighted by molar-refractivity contribution is 5.77. The van der Waals surface area contributed by atoms with Crippen molar-refractivity contribution in [1.82, 2.24) is 0 Å². The van der Waals surface area contributed by atoms with Crippen LogP contribution in [0, 0.1) is 11.7 Å². The quantitative estimate of drug-likeness (QED) is 0.859. The summed E-state index contributed by atoms with van der Waals surface area (Å²) in [6, 6.07) is 6.04. The molecular formula is C13H15FO2. The van der Waals surface area contributed by atoms with Crippen molar-refractivity contribution in [2.75, 3.05) is 0 Å². The van der Waals surface area contributed by atoms with E-state index in [9.17, 15) is 9.50 Å². The molecule has 1 aromatic carbocycles. The summed E-state index contributed by atoms with van der Waals surface area (Å²) in [5, 5.41) is 10.6. The first-order chi connectivity index (χ1) is 7.56. The second-order valence-corrected chi connectivity index (χ2v) is 4.48. The molecule has 2 rings (SSSR count). The average molecular weight is 222 g/mol. The summed E-state index contributed by atoms with van der Waals surface area (Å²) >= 11 is 0. The van der Waals surface area contributed by atoms with Crippen molar-refractivity contribution in [2.45, 2.75) is 26.4 Å². The minimum atomic E-state index is -0.615. The molecule has 0 aliphatic heterocycles. The van der Waals surface area contributed by atoms with Gasteiger partial charge in [0.15, 0.2) is 0 Å². The second kappa shape index (κ2) is 4.26. The Balaban J connectivity index is 2.32. The van der Waals surface area contributed by atoms with E-state index < -0.39 is 6.10 Å².